The van der Waals surface area contributed by atoms with Crippen LogP contribution in [-0.4, -0.2) is 18.7 Å². The molecule has 0 unspecified atom stereocenters. The summed E-state index contributed by atoms with van der Waals surface area (Å²) in [7, 11) is 0. The topological polar surface area (TPSA) is 73.6 Å². The molecule has 0 saturated heterocycles. The van der Waals surface area contributed by atoms with Gasteiger partial charge < -0.3 is 20.5 Å². The van der Waals surface area contributed by atoms with Gasteiger partial charge in [0.1, 0.15) is 0 Å². The van der Waals surface area contributed by atoms with E-state index in [-0.39, 0.29) is 18.7 Å². The molecule has 1 aliphatic rings. The minimum atomic E-state index is -0.437. The highest BCUT2D eigenvalue weighted by Gasteiger charge is 2.20. The van der Waals surface area contributed by atoms with Gasteiger partial charge in [0, 0.05) is 0 Å². The van der Waals surface area contributed by atoms with Gasteiger partial charge in [-0.2, -0.15) is 0 Å². The van der Waals surface area contributed by atoms with Crippen LogP contribution in [-0.2, 0) is 4.79 Å². The second kappa shape index (κ2) is 7.31. The minimum absolute atomic E-state index is 0.0559. The normalized spacial score (nSPS) is 15.6. The standard InChI is InChI=1S/C16H24N2O3/c1-3-5-6-12(17)16(19)18-13(4-2)11-7-8-14-15(9-11)21-10-20-14/h7-9,12-13H,3-6,10,17H2,1-2H3,(H,18,19)/t12-,13-/m0/s1. The van der Waals surface area contributed by atoms with Gasteiger partial charge in [0.15, 0.2) is 11.5 Å². The molecule has 0 radical (unpaired) electrons. The van der Waals surface area contributed by atoms with Gasteiger partial charge in [0.05, 0.1) is 12.1 Å². The molecule has 2 atom stereocenters. The number of benzene rings is 1. The molecule has 0 fully saturated rings. The van der Waals surface area contributed by atoms with E-state index in [2.05, 4.69) is 12.2 Å². The van der Waals surface area contributed by atoms with Crippen LogP contribution in [0.4, 0.5) is 0 Å². The van der Waals surface area contributed by atoms with Crippen molar-refractivity contribution in [2.75, 3.05) is 6.79 Å². The smallest absolute Gasteiger partial charge is 0.237 e. The molecule has 0 saturated carbocycles. The zero-order valence-corrected chi connectivity index (χ0v) is 12.7. The summed E-state index contributed by atoms with van der Waals surface area (Å²) in [5, 5.41) is 3.02. The van der Waals surface area contributed by atoms with Crippen molar-refractivity contribution >= 4 is 5.91 Å². The summed E-state index contributed by atoms with van der Waals surface area (Å²) in [5.41, 5.74) is 6.93. The molecule has 1 aliphatic heterocycles. The minimum Gasteiger partial charge on any atom is -0.454 e. The maximum Gasteiger partial charge on any atom is 0.237 e. The predicted octanol–water partition coefficient (Wildman–Crippen LogP) is 2.50. The van der Waals surface area contributed by atoms with E-state index in [1.165, 1.54) is 0 Å². The van der Waals surface area contributed by atoms with Gasteiger partial charge in [-0.1, -0.05) is 32.8 Å². The summed E-state index contributed by atoms with van der Waals surface area (Å²) in [5.74, 6) is 1.39. The van der Waals surface area contributed by atoms with E-state index in [9.17, 15) is 4.79 Å². The molecule has 1 amide bonds. The maximum absolute atomic E-state index is 12.1. The number of carbonyl (C=O) groups excluding carboxylic acids is 1. The molecule has 2 rings (SSSR count). The Balaban J connectivity index is 2.01. The number of ether oxygens (including phenoxy) is 2. The van der Waals surface area contributed by atoms with Crippen molar-refractivity contribution in [3.63, 3.8) is 0 Å². The Bertz CT molecular complexity index is 490. The Hall–Kier alpha value is -1.75. The van der Waals surface area contributed by atoms with Crippen molar-refractivity contribution in [2.45, 2.75) is 51.6 Å². The van der Waals surface area contributed by atoms with Gasteiger partial charge in [-0.05, 0) is 30.5 Å². The lowest BCUT2D eigenvalue weighted by Crippen LogP contribution is -2.42. The highest BCUT2D eigenvalue weighted by molar-refractivity contribution is 5.81. The number of nitrogens with one attached hydrogen (secondary N) is 1. The second-order valence-electron chi connectivity index (χ2n) is 5.33. The summed E-state index contributed by atoms with van der Waals surface area (Å²) >= 11 is 0. The summed E-state index contributed by atoms with van der Waals surface area (Å²) in [6.07, 6.45) is 3.53. The average Bonchev–Trinajstić information content (AvgIpc) is 2.97. The first-order valence-corrected chi connectivity index (χ1v) is 7.61. The van der Waals surface area contributed by atoms with E-state index >= 15 is 0 Å². The first kappa shape index (κ1) is 15.6. The van der Waals surface area contributed by atoms with Crippen molar-refractivity contribution in [3.05, 3.63) is 23.8 Å². The zero-order valence-electron chi connectivity index (χ0n) is 12.7. The Kier molecular flexibility index (Phi) is 5.44. The fraction of sp³-hybridized carbons (Fsp3) is 0.562. The highest BCUT2D eigenvalue weighted by atomic mass is 16.7. The van der Waals surface area contributed by atoms with Gasteiger partial charge in [0.25, 0.3) is 0 Å². The van der Waals surface area contributed by atoms with E-state index in [1.54, 1.807) is 0 Å². The van der Waals surface area contributed by atoms with Crippen molar-refractivity contribution in [1.29, 1.82) is 0 Å². The first-order valence-electron chi connectivity index (χ1n) is 7.61. The molecule has 0 aliphatic carbocycles. The summed E-state index contributed by atoms with van der Waals surface area (Å²) in [6, 6.07) is 5.27. The molecule has 0 aromatic heterocycles. The van der Waals surface area contributed by atoms with Crippen LogP contribution in [0.1, 0.15) is 51.1 Å². The molecule has 0 spiro atoms. The van der Waals surface area contributed by atoms with Crippen molar-refractivity contribution < 1.29 is 14.3 Å². The van der Waals surface area contributed by atoms with E-state index in [0.717, 1.165) is 42.7 Å². The fourth-order valence-electron chi connectivity index (χ4n) is 2.38. The summed E-state index contributed by atoms with van der Waals surface area (Å²) < 4.78 is 10.7. The quantitative estimate of drug-likeness (QED) is 0.810. The van der Waals surface area contributed by atoms with Gasteiger partial charge >= 0.3 is 0 Å². The Morgan fingerprint density at radius 1 is 1.33 bits per heavy atom. The van der Waals surface area contributed by atoms with Crippen LogP contribution in [0.3, 0.4) is 0 Å². The lowest BCUT2D eigenvalue weighted by atomic mass is 10.0. The Morgan fingerprint density at radius 3 is 2.81 bits per heavy atom. The third-order valence-electron chi connectivity index (χ3n) is 3.73. The van der Waals surface area contributed by atoms with Crippen LogP contribution in [0.2, 0.25) is 0 Å². The second-order valence-corrected chi connectivity index (χ2v) is 5.33. The third kappa shape index (κ3) is 3.88. The number of fused-ring (bicyclic) bond motifs is 1. The predicted molar refractivity (Wildman–Crippen MR) is 81.2 cm³/mol. The number of hydrogen-bond donors (Lipinski definition) is 2. The molecule has 0 bridgehead atoms. The van der Waals surface area contributed by atoms with Crippen molar-refractivity contribution in [3.8, 4) is 11.5 Å². The molecule has 1 aromatic rings. The first-order chi connectivity index (χ1) is 10.2. The van der Waals surface area contributed by atoms with E-state index in [0.29, 0.717) is 0 Å². The van der Waals surface area contributed by atoms with Crippen molar-refractivity contribution in [2.24, 2.45) is 5.73 Å². The van der Waals surface area contributed by atoms with Gasteiger partial charge in [0.2, 0.25) is 12.7 Å². The zero-order chi connectivity index (χ0) is 15.2. The molecular weight excluding hydrogens is 268 g/mol. The molecule has 1 heterocycles. The maximum atomic E-state index is 12.1. The Labute approximate surface area is 125 Å². The van der Waals surface area contributed by atoms with Gasteiger partial charge in [-0.15, -0.1) is 0 Å². The van der Waals surface area contributed by atoms with E-state index < -0.39 is 6.04 Å². The largest absolute Gasteiger partial charge is 0.454 e. The lowest BCUT2D eigenvalue weighted by molar-refractivity contribution is -0.123. The van der Waals surface area contributed by atoms with Crippen LogP contribution in [0.5, 0.6) is 11.5 Å². The van der Waals surface area contributed by atoms with Gasteiger partial charge in [-0.25, -0.2) is 0 Å². The van der Waals surface area contributed by atoms with Crippen LogP contribution in [0, 0.1) is 0 Å². The third-order valence-corrected chi connectivity index (χ3v) is 3.73. The SMILES string of the molecule is CCCC[C@H](N)C(=O)N[C@@H](CC)c1ccc2c(c1)OCO2. The van der Waals surface area contributed by atoms with Crippen LogP contribution >= 0.6 is 0 Å². The number of rotatable bonds is 7. The lowest BCUT2D eigenvalue weighted by Gasteiger charge is -2.20. The molecule has 5 nitrogen and oxygen atoms in total. The molecular formula is C16H24N2O3. The number of amides is 1. The van der Waals surface area contributed by atoms with Crippen LogP contribution in [0.25, 0.3) is 0 Å². The monoisotopic (exact) mass is 292 g/mol. The average molecular weight is 292 g/mol. The fourth-order valence-corrected chi connectivity index (χ4v) is 2.38. The highest BCUT2D eigenvalue weighted by Crippen LogP contribution is 2.34. The Morgan fingerprint density at radius 2 is 2.10 bits per heavy atom. The molecule has 21 heavy (non-hydrogen) atoms. The summed E-state index contributed by atoms with van der Waals surface area (Å²) in [4.78, 5) is 12.1. The molecule has 5 heteroatoms. The summed E-state index contributed by atoms with van der Waals surface area (Å²) in [6.45, 7) is 4.38. The van der Waals surface area contributed by atoms with Crippen molar-refractivity contribution in [1.82, 2.24) is 5.32 Å². The molecule has 116 valence electrons. The van der Waals surface area contributed by atoms with Gasteiger partial charge in [-0.3, -0.25) is 4.79 Å². The molecule has 1 aromatic carbocycles. The number of nitrogens with two attached hydrogens (primary N) is 1. The number of carbonyl (C=O) groups is 1. The van der Waals surface area contributed by atoms with E-state index in [1.807, 2.05) is 25.1 Å². The van der Waals surface area contributed by atoms with Crippen LogP contribution in [0.15, 0.2) is 18.2 Å². The molecule has 3 N–H and O–H groups in total. The number of unbranched alkanes of at least 4 members (excludes halogenated alkanes) is 1. The van der Waals surface area contributed by atoms with E-state index in [4.69, 9.17) is 15.2 Å². The number of hydrogen-bond acceptors (Lipinski definition) is 4. The van der Waals surface area contributed by atoms with Crippen LogP contribution < -0.4 is 20.5 Å².